The fourth-order valence-corrected chi connectivity index (χ4v) is 4.89. The predicted molar refractivity (Wildman–Crippen MR) is 93.4 cm³/mol. The lowest BCUT2D eigenvalue weighted by Gasteiger charge is -2.37. The van der Waals surface area contributed by atoms with Crippen LogP contribution in [0.25, 0.3) is 0 Å². The Morgan fingerprint density at radius 3 is 2.33 bits per heavy atom. The van der Waals surface area contributed by atoms with Crippen LogP contribution >= 0.6 is 0 Å². The molecule has 0 aromatic heterocycles. The van der Waals surface area contributed by atoms with Gasteiger partial charge in [0.25, 0.3) is 0 Å². The molecule has 7 heteroatoms. The second kappa shape index (κ2) is 6.72. The van der Waals surface area contributed by atoms with E-state index in [9.17, 15) is 13.2 Å². The minimum Gasteiger partial charge on any atom is -0.324 e. The Bertz CT molecular complexity index is 696. The molecule has 1 aromatic rings. The second-order valence-corrected chi connectivity index (χ2v) is 9.01. The van der Waals surface area contributed by atoms with E-state index in [1.54, 1.807) is 33.5 Å². The number of urea groups is 1. The summed E-state index contributed by atoms with van der Waals surface area (Å²) in [6, 6.07) is 6.32. The van der Waals surface area contributed by atoms with E-state index in [-0.39, 0.29) is 10.9 Å². The Morgan fingerprint density at radius 1 is 1.08 bits per heavy atom. The smallest absolute Gasteiger partial charge is 0.321 e. The lowest BCUT2D eigenvalue weighted by molar-refractivity contribution is 0.141. The summed E-state index contributed by atoms with van der Waals surface area (Å²) in [6.07, 6.45) is 1.98. The van der Waals surface area contributed by atoms with Crippen molar-refractivity contribution in [2.75, 3.05) is 31.5 Å². The molecule has 1 atom stereocenters. The number of piperidine rings is 1. The third-order valence-corrected chi connectivity index (χ3v) is 6.59. The van der Waals surface area contributed by atoms with Gasteiger partial charge in [0, 0.05) is 31.9 Å². The van der Waals surface area contributed by atoms with Crippen molar-refractivity contribution in [2.45, 2.75) is 31.6 Å². The van der Waals surface area contributed by atoms with Crippen LogP contribution in [0.1, 0.15) is 26.7 Å². The lowest BCUT2D eigenvalue weighted by atomic mass is 10.0. The number of likely N-dealkylation sites (tertiary alicyclic amines) is 1. The molecular weight excluding hydrogens is 326 g/mol. The Kier molecular flexibility index (Phi) is 4.83. The van der Waals surface area contributed by atoms with Crippen molar-refractivity contribution in [3.8, 4) is 0 Å². The second-order valence-electron chi connectivity index (χ2n) is 7.08. The van der Waals surface area contributed by atoms with Gasteiger partial charge in [-0.05, 0) is 48.9 Å². The summed E-state index contributed by atoms with van der Waals surface area (Å²) in [4.78, 5) is 14.0. The molecule has 2 saturated heterocycles. The zero-order valence-corrected chi connectivity index (χ0v) is 15.1. The van der Waals surface area contributed by atoms with E-state index in [0.29, 0.717) is 30.6 Å². The van der Waals surface area contributed by atoms with Crippen LogP contribution in [0.3, 0.4) is 0 Å². The van der Waals surface area contributed by atoms with Gasteiger partial charge in [-0.2, -0.15) is 4.31 Å². The SMILES string of the molecule is CC1CN(C(=O)Nc2ccc(S(=O)(=O)N3CCCC(C)C3)cc2)C1. The van der Waals surface area contributed by atoms with Gasteiger partial charge in [0.1, 0.15) is 0 Å². The molecule has 24 heavy (non-hydrogen) atoms. The molecule has 3 rings (SSSR count). The van der Waals surface area contributed by atoms with Crippen molar-refractivity contribution in [3.05, 3.63) is 24.3 Å². The van der Waals surface area contributed by atoms with Crippen molar-refractivity contribution in [2.24, 2.45) is 11.8 Å². The Balaban J connectivity index is 1.66. The molecule has 132 valence electrons. The summed E-state index contributed by atoms with van der Waals surface area (Å²) in [7, 11) is -3.45. The van der Waals surface area contributed by atoms with Crippen molar-refractivity contribution >= 4 is 21.7 Å². The molecule has 1 N–H and O–H groups in total. The maximum Gasteiger partial charge on any atom is 0.321 e. The largest absolute Gasteiger partial charge is 0.324 e. The van der Waals surface area contributed by atoms with Crippen LogP contribution in [-0.2, 0) is 10.0 Å². The predicted octanol–water partition coefficient (Wildman–Crippen LogP) is 2.59. The highest BCUT2D eigenvalue weighted by Gasteiger charge is 2.29. The van der Waals surface area contributed by atoms with Gasteiger partial charge >= 0.3 is 6.03 Å². The number of amides is 2. The summed E-state index contributed by atoms with van der Waals surface area (Å²) in [5.41, 5.74) is 0.616. The molecule has 6 nitrogen and oxygen atoms in total. The molecule has 0 saturated carbocycles. The zero-order valence-electron chi connectivity index (χ0n) is 14.2. The summed E-state index contributed by atoms with van der Waals surface area (Å²) >= 11 is 0. The van der Waals surface area contributed by atoms with Crippen molar-refractivity contribution < 1.29 is 13.2 Å². The van der Waals surface area contributed by atoms with Crippen LogP contribution < -0.4 is 5.32 Å². The number of anilines is 1. The van der Waals surface area contributed by atoms with E-state index in [2.05, 4.69) is 19.2 Å². The first-order valence-corrected chi connectivity index (χ1v) is 9.96. The first kappa shape index (κ1) is 17.2. The molecule has 2 heterocycles. The van der Waals surface area contributed by atoms with Gasteiger partial charge in [-0.1, -0.05) is 13.8 Å². The molecular formula is C17H25N3O3S. The van der Waals surface area contributed by atoms with Gasteiger partial charge in [0.05, 0.1) is 4.90 Å². The fourth-order valence-electron chi connectivity index (χ4n) is 3.29. The van der Waals surface area contributed by atoms with E-state index in [4.69, 9.17) is 0 Å². The summed E-state index contributed by atoms with van der Waals surface area (Å²) in [5, 5.41) is 2.81. The topological polar surface area (TPSA) is 69.7 Å². The molecule has 1 aromatic carbocycles. The summed E-state index contributed by atoms with van der Waals surface area (Å²) in [5.74, 6) is 0.946. The number of benzene rings is 1. The van der Waals surface area contributed by atoms with Crippen LogP contribution in [0.15, 0.2) is 29.2 Å². The zero-order chi connectivity index (χ0) is 17.3. The third kappa shape index (κ3) is 3.57. The van der Waals surface area contributed by atoms with E-state index in [1.165, 1.54) is 0 Å². The normalized spacial score (nSPS) is 22.9. The third-order valence-electron chi connectivity index (χ3n) is 4.71. The molecule has 0 bridgehead atoms. The minimum atomic E-state index is -3.45. The van der Waals surface area contributed by atoms with Gasteiger partial charge < -0.3 is 10.2 Å². The average Bonchev–Trinajstić information content (AvgIpc) is 2.52. The molecule has 1 unspecified atom stereocenters. The number of hydrogen-bond donors (Lipinski definition) is 1. The van der Waals surface area contributed by atoms with Crippen molar-refractivity contribution in [1.29, 1.82) is 0 Å². The maximum atomic E-state index is 12.7. The standard InChI is InChI=1S/C17H25N3O3S/c1-13-4-3-9-20(12-13)24(22,23)16-7-5-15(6-8-16)18-17(21)19-10-14(2)11-19/h5-8,13-14H,3-4,9-12H2,1-2H3,(H,18,21). The first-order valence-electron chi connectivity index (χ1n) is 8.52. The molecule has 2 aliphatic heterocycles. The van der Waals surface area contributed by atoms with E-state index in [1.807, 2.05) is 0 Å². The highest BCUT2D eigenvalue weighted by Crippen LogP contribution is 2.24. The number of rotatable bonds is 3. The van der Waals surface area contributed by atoms with Gasteiger partial charge in [-0.15, -0.1) is 0 Å². The number of nitrogens with one attached hydrogen (secondary N) is 1. The molecule has 2 fully saturated rings. The Labute approximate surface area is 143 Å². The number of carbonyl (C=O) groups excluding carboxylic acids is 1. The number of nitrogens with zero attached hydrogens (tertiary/aromatic N) is 2. The van der Waals surface area contributed by atoms with Crippen LogP contribution in [0.5, 0.6) is 0 Å². The molecule has 0 spiro atoms. The van der Waals surface area contributed by atoms with E-state index in [0.717, 1.165) is 25.9 Å². The molecule has 2 aliphatic rings. The summed E-state index contributed by atoms with van der Waals surface area (Å²) < 4.78 is 27.0. The Morgan fingerprint density at radius 2 is 1.75 bits per heavy atom. The molecule has 0 radical (unpaired) electrons. The van der Waals surface area contributed by atoms with E-state index < -0.39 is 10.0 Å². The van der Waals surface area contributed by atoms with E-state index >= 15 is 0 Å². The highest BCUT2D eigenvalue weighted by molar-refractivity contribution is 7.89. The monoisotopic (exact) mass is 351 g/mol. The summed E-state index contributed by atoms with van der Waals surface area (Å²) in [6.45, 7) is 6.88. The average molecular weight is 351 g/mol. The van der Waals surface area contributed by atoms with Gasteiger partial charge in [-0.3, -0.25) is 0 Å². The Hall–Kier alpha value is -1.60. The first-order chi connectivity index (χ1) is 11.4. The number of sulfonamides is 1. The molecule has 0 aliphatic carbocycles. The van der Waals surface area contributed by atoms with Crippen molar-refractivity contribution in [3.63, 3.8) is 0 Å². The number of carbonyl (C=O) groups is 1. The highest BCUT2D eigenvalue weighted by atomic mass is 32.2. The fraction of sp³-hybridized carbons (Fsp3) is 0.588. The van der Waals surface area contributed by atoms with Crippen LogP contribution in [0.2, 0.25) is 0 Å². The van der Waals surface area contributed by atoms with Crippen LogP contribution in [0.4, 0.5) is 10.5 Å². The van der Waals surface area contributed by atoms with Crippen molar-refractivity contribution in [1.82, 2.24) is 9.21 Å². The van der Waals surface area contributed by atoms with Crippen LogP contribution in [-0.4, -0.2) is 49.8 Å². The van der Waals surface area contributed by atoms with Gasteiger partial charge in [-0.25, -0.2) is 13.2 Å². The van der Waals surface area contributed by atoms with Crippen LogP contribution in [0, 0.1) is 11.8 Å². The van der Waals surface area contributed by atoms with Gasteiger partial charge in [0.2, 0.25) is 10.0 Å². The minimum absolute atomic E-state index is 0.131. The molecule has 2 amide bonds. The quantitative estimate of drug-likeness (QED) is 0.910. The maximum absolute atomic E-state index is 12.7. The number of hydrogen-bond acceptors (Lipinski definition) is 3. The van der Waals surface area contributed by atoms with Gasteiger partial charge in [0.15, 0.2) is 0 Å². The lowest BCUT2D eigenvalue weighted by Crippen LogP contribution is -2.50.